The van der Waals surface area contributed by atoms with E-state index in [1.54, 1.807) is 0 Å². The molecule has 0 aliphatic rings. The van der Waals surface area contributed by atoms with Gasteiger partial charge in [-0.05, 0) is 30.2 Å². The van der Waals surface area contributed by atoms with Gasteiger partial charge in [0.15, 0.2) is 0 Å². The molecule has 1 rings (SSSR count). The number of carbonyl (C=O) groups excluding carboxylic acids is 1. The van der Waals surface area contributed by atoms with Crippen molar-refractivity contribution in [2.24, 2.45) is 0 Å². The molecule has 0 amide bonds. The van der Waals surface area contributed by atoms with Gasteiger partial charge in [-0.1, -0.05) is 0 Å². The van der Waals surface area contributed by atoms with Crippen LogP contribution in [0.25, 0.3) is 0 Å². The molecule has 112 valence electrons. The van der Waals surface area contributed by atoms with E-state index in [9.17, 15) is 26.7 Å². The van der Waals surface area contributed by atoms with Crippen LogP contribution >= 0.6 is 0 Å². The SMILES string of the molecule is COC(=O)CCc1cc(C(F)F)ccc1OC(F)(F)F. The summed E-state index contributed by atoms with van der Waals surface area (Å²) in [5.41, 5.74) is -0.579. The highest BCUT2D eigenvalue weighted by Crippen LogP contribution is 2.31. The Bertz CT molecular complexity index is 471. The third-order valence-corrected chi connectivity index (χ3v) is 2.39. The van der Waals surface area contributed by atoms with Crippen molar-refractivity contribution in [3.63, 3.8) is 0 Å². The zero-order valence-electron chi connectivity index (χ0n) is 10.3. The summed E-state index contributed by atoms with van der Waals surface area (Å²) in [6.07, 6.45) is -8.20. The van der Waals surface area contributed by atoms with Gasteiger partial charge in [0.05, 0.1) is 7.11 Å². The average molecular weight is 298 g/mol. The third kappa shape index (κ3) is 5.02. The van der Waals surface area contributed by atoms with Gasteiger partial charge in [-0.15, -0.1) is 13.2 Å². The van der Waals surface area contributed by atoms with Crippen molar-refractivity contribution in [2.45, 2.75) is 25.6 Å². The number of hydrogen-bond acceptors (Lipinski definition) is 3. The van der Waals surface area contributed by atoms with Gasteiger partial charge < -0.3 is 9.47 Å². The Labute approximate surface area is 111 Å². The minimum atomic E-state index is -4.94. The van der Waals surface area contributed by atoms with Gasteiger partial charge in [-0.3, -0.25) is 4.79 Å². The van der Waals surface area contributed by atoms with Crippen LogP contribution < -0.4 is 4.74 Å². The summed E-state index contributed by atoms with van der Waals surface area (Å²) in [4.78, 5) is 11.0. The first-order chi connectivity index (χ1) is 9.23. The predicted octanol–water partition coefficient (Wildman–Crippen LogP) is 3.63. The van der Waals surface area contributed by atoms with E-state index in [0.29, 0.717) is 0 Å². The zero-order chi connectivity index (χ0) is 15.3. The number of benzene rings is 1. The van der Waals surface area contributed by atoms with Crippen LogP contribution in [0.2, 0.25) is 0 Å². The number of halogens is 5. The van der Waals surface area contributed by atoms with Gasteiger partial charge >= 0.3 is 12.3 Å². The van der Waals surface area contributed by atoms with Gasteiger partial charge in [0.1, 0.15) is 5.75 Å². The smallest absolute Gasteiger partial charge is 0.469 e. The maximum Gasteiger partial charge on any atom is 0.573 e. The van der Waals surface area contributed by atoms with E-state index in [1.807, 2.05) is 0 Å². The lowest BCUT2D eigenvalue weighted by Crippen LogP contribution is -2.18. The lowest BCUT2D eigenvalue weighted by atomic mass is 10.1. The Balaban J connectivity index is 3.00. The van der Waals surface area contributed by atoms with Crippen LogP contribution in [0.3, 0.4) is 0 Å². The fourth-order valence-corrected chi connectivity index (χ4v) is 1.49. The molecule has 20 heavy (non-hydrogen) atoms. The van der Waals surface area contributed by atoms with Gasteiger partial charge in [0, 0.05) is 12.0 Å². The minimum absolute atomic E-state index is 0.134. The molecular formula is C12H11F5O3. The number of esters is 1. The molecule has 0 heterocycles. The quantitative estimate of drug-likeness (QED) is 0.615. The second-order valence-corrected chi connectivity index (χ2v) is 3.79. The lowest BCUT2D eigenvalue weighted by molar-refractivity contribution is -0.274. The molecule has 0 unspecified atom stereocenters. The molecule has 0 aliphatic heterocycles. The topological polar surface area (TPSA) is 35.5 Å². The third-order valence-electron chi connectivity index (χ3n) is 2.39. The summed E-state index contributed by atoms with van der Waals surface area (Å²) < 4.78 is 69.7. The predicted molar refractivity (Wildman–Crippen MR) is 58.4 cm³/mol. The number of carbonyl (C=O) groups is 1. The first-order valence-corrected chi connectivity index (χ1v) is 5.46. The zero-order valence-corrected chi connectivity index (χ0v) is 10.3. The molecule has 0 bridgehead atoms. The van der Waals surface area contributed by atoms with Crippen LogP contribution in [0.5, 0.6) is 5.75 Å². The molecule has 0 aromatic heterocycles. The molecule has 1 aromatic rings. The molecule has 3 nitrogen and oxygen atoms in total. The summed E-state index contributed by atoms with van der Waals surface area (Å²) in [5, 5.41) is 0. The number of aryl methyl sites for hydroxylation is 1. The monoisotopic (exact) mass is 298 g/mol. The highest BCUT2D eigenvalue weighted by atomic mass is 19.4. The van der Waals surface area contributed by atoms with Crippen molar-refractivity contribution in [1.82, 2.24) is 0 Å². The largest absolute Gasteiger partial charge is 0.573 e. The van der Waals surface area contributed by atoms with Gasteiger partial charge in [-0.2, -0.15) is 0 Å². The molecule has 0 fully saturated rings. The van der Waals surface area contributed by atoms with E-state index in [1.165, 1.54) is 0 Å². The van der Waals surface area contributed by atoms with Gasteiger partial charge in [0.2, 0.25) is 0 Å². The van der Waals surface area contributed by atoms with Gasteiger partial charge in [0.25, 0.3) is 6.43 Å². The highest BCUT2D eigenvalue weighted by molar-refractivity contribution is 5.69. The molecule has 8 heteroatoms. The van der Waals surface area contributed by atoms with E-state index in [2.05, 4.69) is 9.47 Å². The summed E-state index contributed by atoms with van der Waals surface area (Å²) in [6.45, 7) is 0. The summed E-state index contributed by atoms with van der Waals surface area (Å²) in [7, 11) is 1.12. The maximum absolute atomic E-state index is 12.5. The van der Waals surface area contributed by atoms with E-state index >= 15 is 0 Å². The molecular weight excluding hydrogens is 287 g/mol. The van der Waals surface area contributed by atoms with Crippen LogP contribution in [0.15, 0.2) is 18.2 Å². The second-order valence-electron chi connectivity index (χ2n) is 3.79. The van der Waals surface area contributed by atoms with Crippen LogP contribution in [-0.4, -0.2) is 19.4 Å². The van der Waals surface area contributed by atoms with Crippen molar-refractivity contribution in [2.75, 3.05) is 7.11 Å². The van der Waals surface area contributed by atoms with Crippen LogP contribution in [0, 0.1) is 0 Å². The van der Waals surface area contributed by atoms with Crippen molar-refractivity contribution in [3.05, 3.63) is 29.3 Å². The molecule has 0 atom stereocenters. The summed E-state index contributed by atoms with van der Waals surface area (Å²) >= 11 is 0. The first-order valence-electron chi connectivity index (χ1n) is 5.46. The van der Waals surface area contributed by atoms with Crippen LogP contribution in [0.1, 0.15) is 24.0 Å². The number of alkyl halides is 5. The molecule has 0 N–H and O–H groups in total. The first kappa shape index (κ1) is 16.2. The molecule has 0 aliphatic carbocycles. The number of methoxy groups -OCH3 is 1. The molecule has 0 saturated carbocycles. The number of hydrogen-bond donors (Lipinski definition) is 0. The average Bonchev–Trinajstić information content (AvgIpc) is 2.35. The molecule has 0 spiro atoms. The Morgan fingerprint density at radius 2 is 1.95 bits per heavy atom. The fourth-order valence-electron chi connectivity index (χ4n) is 1.49. The maximum atomic E-state index is 12.5. The van der Waals surface area contributed by atoms with Crippen molar-refractivity contribution < 1.29 is 36.2 Å². The molecule has 1 aromatic carbocycles. The number of rotatable bonds is 5. The highest BCUT2D eigenvalue weighted by Gasteiger charge is 2.32. The number of ether oxygens (including phenoxy) is 2. The Kier molecular flexibility index (Phi) is 5.29. The Morgan fingerprint density at radius 3 is 2.45 bits per heavy atom. The lowest BCUT2D eigenvalue weighted by Gasteiger charge is -2.14. The second kappa shape index (κ2) is 6.53. The van der Waals surface area contributed by atoms with E-state index in [0.717, 1.165) is 25.3 Å². The van der Waals surface area contributed by atoms with Crippen molar-refractivity contribution >= 4 is 5.97 Å². The van der Waals surface area contributed by atoms with Crippen molar-refractivity contribution in [1.29, 1.82) is 0 Å². The molecule has 0 radical (unpaired) electrons. The van der Waals surface area contributed by atoms with Crippen LogP contribution in [-0.2, 0) is 16.0 Å². The van der Waals surface area contributed by atoms with E-state index in [-0.39, 0.29) is 18.4 Å². The standard InChI is InChI=1S/C12H11F5O3/c1-19-10(18)5-3-7-6-8(11(13)14)2-4-9(7)20-12(15,16)17/h2,4,6,11H,3,5H2,1H3. The summed E-state index contributed by atoms with van der Waals surface area (Å²) in [5.74, 6) is -1.27. The van der Waals surface area contributed by atoms with E-state index in [4.69, 9.17) is 0 Å². The van der Waals surface area contributed by atoms with Crippen LogP contribution in [0.4, 0.5) is 22.0 Å². The molecule has 0 saturated heterocycles. The Hall–Kier alpha value is -1.86. The van der Waals surface area contributed by atoms with Gasteiger partial charge in [-0.25, -0.2) is 8.78 Å². The minimum Gasteiger partial charge on any atom is -0.469 e. The van der Waals surface area contributed by atoms with Crippen molar-refractivity contribution in [3.8, 4) is 5.75 Å². The normalized spacial score (nSPS) is 11.6. The Morgan fingerprint density at radius 1 is 1.30 bits per heavy atom. The fraction of sp³-hybridized carbons (Fsp3) is 0.417. The van der Waals surface area contributed by atoms with E-state index < -0.39 is 30.1 Å². The summed E-state index contributed by atoms with van der Waals surface area (Å²) in [6, 6.07) is 2.53.